The van der Waals surface area contributed by atoms with E-state index < -0.39 is 9.85 Å². The van der Waals surface area contributed by atoms with Crippen molar-refractivity contribution in [1.29, 1.82) is 0 Å². The average molecular weight is 364 g/mol. The van der Waals surface area contributed by atoms with Crippen molar-refractivity contribution in [3.05, 3.63) is 98.3 Å². The number of carbonyl (C=O) groups is 1. The highest BCUT2D eigenvalue weighted by Crippen LogP contribution is 2.31. The summed E-state index contributed by atoms with van der Waals surface area (Å²) in [5, 5.41) is 21.7. The summed E-state index contributed by atoms with van der Waals surface area (Å²) in [6.07, 6.45) is 2.70. The maximum atomic E-state index is 12.1. The third-order valence-corrected chi connectivity index (χ3v) is 3.75. The van der Waals surface area contributed by atoms with Crippen LogP contribution in [0.15, 0.2) is 71.2 Å². The molecule has 1 heterocycles. The summed E-state index contributed by atoms with van der Waals surface area (Å²) in [6.45, 7) is 0. The fraction of sp³-hybridized carbons (Fsp3) is 0. The number of allylic oxidation sites excluding steroid dienone is 1. The van der Waals surface area contributed by atoms with Crippen molar-refractivity contribution in [3.63, 3.8) is 0 Å². The monoisotopic (exact) mass is 364 g/mol. The molecule has 2 aromatic carbocycles. The van der Waals surface area contributed by atoms with Gasteiger partial charge in [0.1, 0.15) is 11.5 Å². The Labute approximate surface area is 152 Å². The highest BCUT2D eigenvalue weighted by atomic mass is 16.6. The van der Waals surface area contributed by atoms with Crippen LogP contribution in [-0.4, -0.2) is 15.6 Å². The zero-order chi connectivity index (χ0) is 19.4. The third-order valence-electron chi connectivity index (χ3n) is 3.75. The van der Waals surface area contributed by atoms with E-state index in [-0.39, 0.29) is 17.2 Å². The van der Waals surface area contributed by atoms with Crippen molar-refractivity contribution in [2.45, 2.75) is 0 Å². The number of hydrogen-bond donors (Lipinski definition) is 0. The van der Waals surface area contributed by atoms with Crippen LogP contribution in [0.25, 0.3) is 17.4 Å². The summed E-state index contributed by atoms with van der Waals surface area (Å²) in [4.78, 5) is 32.8. The lowest BCUT2D eigenvalue weighted by Crippen LogP contribution is -1.95. The van der Waals surface area contributed by atoms with Crippen LogP contribution in [0, 0.1) is 20.2 Å². The summed E-state index contributed by atoms with van der Waals surface area (Å²) in [5.41, 5.74) is 0.450. The van der Waals surface area contributed by atoms with E-state index in [2.05, 4.69) is 0 Å². The molecule has 0 aliphatic heterocycles. The van der Waals surface area contributed by atoms with Crippen molar-refractivity contribution in [2.75, 3.05) is 0 Å². The number of hydrogen-bond acceptors (Lipinski definition) is 6. The van der Waals surface area contributed by atoms with Gasteiger partial charge in [0.05, 0.1) is 15.4 Å². The van der Waals surface area contributed by atoms with Gasteiger partial charge in [0.25, 0.3) is 11.4 Å². The van der Waals surface area contributed by atoms with Crippen molar-refractivity contribution in [1.82, 2.24) is 0 Å². The molecule has 134 valence electrons. The zero-order valence-corrected chi connectivity index (χ0v) is 13.8. The fourth-order valence-electron chi connectivity index (χ4n) is 2.43. The standard InChI is InChI=1S/C19H12N2O6/c22-18(13-5-7-14(8-6-13)20(23)24)11-9-15-10-12-19(27-15)16-3-1-2-4-17(16)21(25)26/h1-12H/b11-9+. The molecule has 0 atom stereocenters. The van der Waals surface area contributed by atoms with Gasteiger partial charge in [-0.25, -0.2) is 0 Å². The fourth-order valence-corrected chi connectivity index (χ4v) is 2.43. The van der Waals surface area contributed by atoms with E-state index in [9.17, 15) is 25.0 Å². The molecule has 0 unspecified atom stereocenters. The largest absolute Gasteiger partial charge is 0.456 e. The zero-order valence-electron chi connectivity index (χ0n) is 13.8. The molecule has 3 rings (SSSR count). The molecule has 0 N–H and O–H groups in total. The van der Waals surface area contributed by atoms with Gasteiger partial charge >= 0.3 is 0 Å². The van der Waals surface area contributed by atoms with Crippen LogP contribution < -0.4 is 0 Å². The molecule has 0 spiro atoms. The predicted molar refractivity (Wildman–Crippen MR) is 97.3 cm³/mol. The second-order valence-electron chi connectivity index (χ2n) is 5.48. The van der Waals surface area contributed by atoms with E-state index in [1.54, 1.807) is 30.3 Å². The Hall–Kier alpha value is -4.07. The van der Waals surface area contributed by atoms with E-state index in [0.29, 0.717) is 22.6 Å². The lowest BCUT2D eigenvalue weighted by Gasteiger charge is -1.98. The Morgan fingerprint density at radius 1 is 0.889 bits per heavy atom. The first-order chi connectivity index (χ1) is 13.0. The molecule has 27 heavy (non-hydrogen) atoms. The molecule has 8 heteroatoms. The molecule has 0 saturated carbocycles. The van der Waals surface area contributed by atoms with Crippen LogP contribution >= 0.6 is 0 Å². The Bertz CT molecular complexity index is 1050. The highest BCUT2D eigenvalue weighted by molar-refractivity contribution is 6.06. The molecule has 0 aliphatic carbocycles. The number of nitro groups is 2. The summed E-state index contributed by atoms with van der Waals surface area (Å²) >= 11 is 0. The quantitative estimate of drug-likeness (QED) is 0.272. The Morgan fingerprint density at radius 3 is 2.26 bits per heavy atom. The molecule has 0 fully saturated rings. The Morgan fingerprint density at radius 2 is 1.59 bits per heavy atom. The maximum absolute atomic E-state index is 12.1. The maximum Gasteiger partial charge on any atom is 0.280 e. The number of ketones is 1. The van der Waals surface area contributed by atoms with E-state index in [4.69, 9.17) is 4.42 Å². The van der Waals surface area contributed by atoms with Crippen molar-refractivity contribution in [3.8, 4) is 11.3 Å². The lowest BCUT2D eigenvalue weighted by atomic mass is 10.1. The molecule has 3 aromatic rings. The van der Waals surface area contributed by atoms with Gasteiger partial charge in [-0.2, -0.15) is 0 Å². The minimum atomic E-state index is -0.544. The SMILES string of the molecule is O=C(/C=C/c1ccc(-c2ccccc2[N+](=O)[O-])o1)c1ccc([N+](=O)[O-])cc1. The average Bonchev–Trinajstić information content (AvgIpc) is 3.15. The van der Waals surface area contributed by atoms with Gasteiger partial charge < -0.3 is 4.42 Å². The van der Waals surface area contributed by atoms with Crippen molar-refractivity contribution in [2.24, 2.45) is 0 Å². The summed E-state index contributed by atoms with van der Waals surface area (Å²) in [7, 11) is 0. The number of para-hydroxylation sites is 1. The van der Waals surface area contributed by atoms with Gasteiger partial charge in [0.2, 0.25) is 0 Å². The predicted octanol–water partition coefficient (Wildman–Crippen LogP) is 4.66. The number of carbonyl (C=O) groups excluding carboxylic acids is 1. The topological polar surface area (TPSA) is 116 Å². The molecular formula is C19H12N2O6. The summed E-state index contributed by atoms with van der Waals surface area (Å²) < 4.78 is 5.56. The van der Waals surface area contributed by atoms with Crippen LogP contribution in [-0.2, 0) is 0 Å². The van der Waals surface area contributed by atoms with Crippen LogP contribution in [0.1, 0.15) is 16.1 Å². The first kappa shape index (κ1) is 17.7. The number of furan rings is 1. The molecular weight excluding hydrogens is 352 g/mol. The summed E-state index contributed by atoms with van der Waals surface area (Å²) in [5.74, 6) is 0.302. The first-order valence-corrected chi connectivity index (χ1v) is 7.76. The third kappa shape index (κ3) is 3.96. The lowest BCUT2D eigenvalue weighted by molar-refractivity contribution is -0.384. The van der Waals surface area contributed by atoms with Gasteiger partial charge in [-0.05, 0) is 42.5 Å². The van der Waals surface area contributed by atoms with E-state index in [0.717, 1.165) is 0 Å². The van der Waals surface area contributed by atoms with E-state index in [1.807, 2.05) is 0 Å². The van der Waals surface area contributed by atoms with Gasteiger partial charge in [-0.1, -0.05) is 12.1 Å². The Balaban J connectivity index is 1.78. The number of rotatable bonds is 6. The van der Waals surface area contributed by atoms with Crippen LogP contribution in [0.5, 0.6) is 0 Å². The van der Waals surface area contributed by atoms with Gasteiger partial charge in [-0.15, -0.1) is 0 Å². The molecule has 0 aliphatic rings. The van der Waals surface area contributed by atoms with Crippen molar-refractivity contribution < 1.29 is 19.1 Å². The minimum absolute atomic E-state index is 0.0793. The van der Waals surface area contributed by atoms with E-state index >= 15 is 0 Å². The second kappa shape index (κ2) is 7.44. The summed E-state index contributed by atoms with van der Waals surface area (Å²) in [6, 6.07) is 14.6. The molecule has 0 amide bonds. The molecule has 0 radical (unpaired) electrons. The number of benzene rings is 2. The molecule has 0 saturated heterocycles. The number of non-ortho nitro benzene ring substituents is 1. The second-order valence-corrected chi connectivity index (χ2v) is 5.48. The van der Waals surface area contributed by atoms with Crippen LogP contribution in [0.2, 0.25) is 0 Å². The van der Waals surface area contributed by atoms with E-state index in [1.165, 1.54) is 42.5 Å². The van der Waals surface area contributed by atoms with Crippen LogP contribution in [0.4, 0.5) is 11.4 Å². The van der Waals surface area contributed by atoms with Gasteiger partial charge in [0, 0.05) is 23.8 Å². The molecule has 8 nitrogen and oxygen atoms in total. The molecule has 1 aromatic heterocycles. The normalized spacial score (nSPS) is 10.8. The minimum Gasteiger partial charge on any atom is -0.456 e. The smallest absolute Gasteiger partial charge is 0.280 e. The number of nitrogens with zero attached hydrogens (tertiary/aromatic N) is 2. The Kier molecular flexibility index (Phi) is 4.89. The molecule has 0 bridgehead atoms. The highest BCUT2D eigenvalue weighted by Gasteiger charge is 2.16. The number of nitro benzene ring substituents is 2. The van der Waals surface area contributed by atoms with Gasteiger partial charge in [-0.3, -0.25) is 25.0 Å². The van der Waals surface area contributed by atoms with Gasteiger partial charge in [0.15, 0.2) is 5.78 Å². The van der Waals surface area contributed by atoms with Crippen molar-refractivity contribution >= 4 is 23.2 Å². The first-order valence-electron chi connectivity index (χ1n) is 7.76. The van der Waals surface area contributed by atoms with Crippen LogP contribution in [0.3, 0.4) is 0 Å².